The molecule has 94 valence electrons. The first kappa shape index (κ1) is 11.9. The Hall–Kier alpha value is -1.13. The largest absolute Gasteiger partial charge is 0.337 e. The van der Waals surface area contributed by atoms with Gasteiger partial charge in [-0.1, -0.05) is 28.1 Å². The molecule has 0 saturated heterocycles. The van der Waals surface area contributed by atoms with Crippen LogP contribution in [0.3, 0.4) is 0 Å². The summed E-state index contributed by atoms with van der Waals surface area (Å²) in [6, 6.07) is 8.61. The van der Waals surface area contributed by atoms with Crippen LogP contribution in [-0.2, 0) is 19.1 Å². The van der Waals surface area contributed by atoms with E-state index in [0.717, 1.165) is 16.8 Å². The number of rotatable bonds is 4. The van der Waals surface area contributed by atoms with E-state index in [4.69, 9.17) is 0 Å². The molecular weight excluding hydrogens is 290 g/mol. The molecule has 1 saturated carbocycles. The lowest BCUT2D eigenvalue weighted by molar-refractivity contribution is 0.500. The fourth-order valence-electron chi connectivity index (χ4n) is 2.28. The Kier molecular flexibility index (Phi) is 2.99. The summed E-state index contributed by atoms with van der Waals surface area (Å²) in [4.78, 5) is 4.35. The lowest BCUT2D eigenvalue weighted by atomic mass is 10.1. The number of hydrogen-bond acceptors (Lipinski definition) is 2. The molecule has 1 N–H and O–H groups in total. The third kappa shape index (κ3) is 2.22. The van der Waals surface area contributed by atoms with Crippen molar-refractivity contribution in [3.8, 4) is 0 Å². The number of aryl methyl sites for hydroxylation is 1. The topological polar surface area (TPSA) is 29.9 Å². The molecule has 0 radical (unpaired) electrons. The smallest absolute Gasteiger partial charge is 0.122 e. The quantitative estimate of drug-likeness (QED) is 0.941. The molecule has 3 rings (SSSR count). The molecule has 0 bridgehead atoms. The summed E-state index contributed by atoms with van der Waals surface area (Å²) in [6.07, 6.45) is 6.24. The number of halogens is 1. The lowest BCUT2D eigenvalue weighted by Gasteiger charge is -2.18. The van der Waals surface area contributed by atoms with Crippen molar-refractivity contribution in [2.75, 3.05) is 0 Å². The molecule has 0 atom stereocenters. The van der Waals surface area contributed by atoms with Crippen LogP contribution >= 0.6 is 15.9 Å². The van der Waals surface area contributed by atoms with Gasteiger partial charge in [-0.25, -0.2) is 4.98 Å². The van der Waals surface area contributed by atoms with E-state index >= 15 is 0 Å². The predicted octanol–water partition coefficient (Wildman–Crippen LogP) is 2.96. The van der Waals surface area contributed by atoms with Crippen molar-refractivity contribution in [1.82, 2.24) is 14.9 Å². The lowest BCUT2D eigenvalue weighted by Crippen LogP contribution is -2.29. The molecule has 1 aromatic carbocycles. The van der Waals surface area contributed by atoms with Crippen molar-refractivity contribution < 1.29 is 0 Å². The molecule has 0 spiro atoms. The van der Waals surface area contributed by atoms with Crippen LogP contribution in [0.4, 0.5) is 0 Å². The maximum absolute atomic E-state index is 4.35. The zero-order valence-electron chi connectivity index (χ0n) is 10.4. The normalized spacial score (nSPS) is 16.8. The number of aromatic nitrogens is 2. The zero-order valence-corrected chi connectivity index (χ0v) is 11.9. The van der Waals surface area contributed by atoms with Gasteiger partial charge in [0.05, 0.1) is 6.54 Å². The van der Waals surface area contributed by atoms with Gasteiger partial charge in [-0.15, -0.1) is 0 Å². The van der Waals surface area contributed by atoms with Crippen molar-refractivity contribution in [3.05, 3.63) is 52.5 Å². The van der Waals surface area contributed by atoms with Crippen LogP contribution in [0.2, 0.25) is 0 Å². The molecule has 2 aromatic rings. The summed E-state index contributed by atoms with van der Waals surface area (Å²) in [5, 5.41) is 3.65. The standard InChI is InChI=1S/C14H16BrN3/c1-18-9-8-16-13(18)10-17-14(6-7-14)11-2-4-12(15)5-3-11/h2-5,8-9,17H,6-7,10H2,1H3. The first-order chi connectivity index (χ1) is 8.70. The number of imidazole rings is 1. The molecule has 1 aliphatic carbocycles. The Morgan fingerprint density at radius 2 is 2.06 bits per heavy atom. The Balaban J connectivity index is 1.72. The molecular formula is C14H16BrN3. The molecule has 1 heterocycles. The van der Waals surface area contributed by atoms with Gasteiger partial charge in [-0.3, -0.25) is 0 Å². The molecule has 3 nitrogen and oxygen atoms in total. The average molecular weight is 306 g/mol. The van der Waals surface area contributed by atoms with Crippen LogP contribution in [0.1, 0.15) is 24.2 Å². The van der Waals surface area contributed by atoms with Crippen molar-refractivity contribution in [2.24, 2.45) is 7.05 Å². The van der Waals surface area contributed by atoms with Crippen molar-refractivity contribution in [2.45, 2.75) is 24.9 Å². The van der Waals surface area contributed by atoms with Crippen LogP contribution in [0.15, 0.2) is 41.1 Å². The molecule has 0 unspecified atom stereocenters. The Morgan fingerprint density at radius 3 is 2.61 bits per heavy atom. The van der Waals surface area contributed by atoms with Gasteiger partial charge in [-0.05, 0) is 30.5 Å². The highest BCUT2D eigenvalue weighted by molar-refractivity contribution is 9.10. The highest BCUT2D eigenvalue weighted by atomic mass is 79.9. The Bertz CT molecular complexity index is 540. The van der Waals surface area contributed by atoms with Crippen LogP contribution in [0.25, 0.3) is 0 Å². The summed E-state index contributed by atoms with van der Waals surface area (Å²) in [5.41, 5.74) is 1.55. The zero-order chi connectivity index (χ0) is 12.6. The van der Waals surface area contributed by atoms with Gasteiger partial charge in [-0.2, -0.15) is 0 Å². The van der Waals surface area contributed by atoms with E-state index in [0.29, 0.717) is 0 Å². The van der Waals surface area contributed by atoms with Gasteiger partial charge in [0.1, 0.15) is 5.82 Å². The summed E-state index contributed by atoms with van der Waals surface area (Å²) in [5.74, 6) is 1.08. The third-order valence-corrected chi connectivity index (χ3v) is 4.18. The fraction of sp³-hybridized carbons (Fsp3) is 0.357. The van der Waals surface area contributed by atoms with E-state index < -0.39 is 0 Å². The van der Waals surface area contributed by atoms with E-state index in [2.05, 4.69) is 55.1 Å². The minimum Gasteiger partial charge on any atom is -0.337 e. The number of benzene rings is 1. The first-order valence-corrected chi connectivity index (χ1v) is 6.96. The molecule has 1 aliphatic rings. The molecule has 1 fully saturated rings. The predicted molar refractivity (Wildman–Crippen MR) is 75.1 cm³/mol. The molecule has 0 amide bonds. The average Bonchev–Trinajstić information content (AvgIpc) is 3.05. The Labute approximate surface area is 115 Å². The van der Waals surface area contributed by atoms with Crippen molar-refractivity contribution in [1.29, 1.82) is 0 Å². The Morgan fingerprint density at radius 1 is 1.33 bits per heavy atom. The minimum absolute atomic E-state index is 0.173. The molecule has 0 aliphatic heterocycles. The highest BCUT2D eigenvalue weighted by Crippen LogP contribution is 2.45. The van der Waals surface area contributed by atoms with E-state index in [1.165, 1.54) is 18.4 Å². The SMILES string of the molecule is Cn1ccnc1CNC1(c2ccc(Br)cc2)CC1. The van der Waals surface area contributed by atoms with Crippen molar-refractivity contribution in [3.63, 3.8) is 0 Å². The van der Waals surface area contributed by atoms with Crippen LogP contribution < -0.4 is 5.32 Å². The van der Waals surface area contributed by atoms with Gasteiger partial charge >= 0.3 is 0 Å². The monoisotopic (exact) mass is 305 g/mol. The van der Waals surface area contributed by atoms with Crippen LogP contribution in [0, 0.1) is 0 Å². The van der Waals surface area contributed by atoms with Crippen molar-refractivity contribution >= 4 is 15.9 Å². The summed E-state index contributed by atoms with van der Waals surface area (Å²) in [7, 11) is 2.03. The van der Waals surface area contributed by atoms with Crippen LogP contribution in [0.5, 0.6) is 0 Å². The van der Waals surface area contributed by atoms with E-state index in [1.807, 2.05) is 19.4 Å². The van der Waals surface area contributed by atoms with E-state index in [9.17, 15) is 0 Å². The second-order valence-corrected chi connectivity index (χ2v) is 5.81. The van der Waals surface area contributed by atoms with Gasteiger partial charge in [0.15, 0.2) is 0 Å². The summed E-state index contributed by atoms with van der Waals surface area (Å²) < 4.78 is 3.19. The maximum Gasteiger partial charge on any atom is 0.122 e. The number of nitrogens with zero attached hydrogens (tertiary/aromatic N) is 2. The summed E-state index contributed by atoms with van der Waals surface area (Å²) >= 11 is 3.48. The van der Waals surface area contributed by atoms with Gasteiger partial charge in [0.25, 0.3) is 0 Å². The number of hydrogen-bond donors (Lipinski definition) is 1. The third-order valence-electron chi connectivity index (χ3n) is 3.65. The molecule has 1 aromatic heterocycles. The second kappa shape index (κ2) is 4.52. The van der Waals surface area contributed by atoms with E-state index in [-0.39, 0.29) is 5.54 Å². The van der Waals surface area contributed by atoms with E-state index in [1.54, 1.807) is 0 Å². The first-order valence-electron chi connectivity index (χ1n) is 6.17. The summed E-state index contributed by atoms with van der Waals surface area (Å²) in [6.45, 7) is 0.819. The minimum atomic E-state index is 0.173. The van der Waals surface area contributed by atoms with Gasteiger partial charge in [0, 0.05) is 29.5 Å². The molecule has 4 heteroatoms. The van der Waals surface area contributed by atoms with Crippen LogP contribution in [-0.4, -0.2) is 9.55 Å². The van der Waals surface area contributed by atoms with Gasteiger partial charge < -0.3 is 9.88 Å². The highest BCUT2D eigenvalue weighted by Gasteiger charge is 2.43. The number of nitrogens with one attached hydrogen (secondary N) is 1. The maximum atomic E-state index is 4.35. The fourth-order valence-corrected chi connectivity index (χ4v) is 2.54. The molecule has 18 heavy (non-hydrogen) atoms. The second-order valence-electron chi connectivity index (χ2n) is 4.90. The van der Waals surface area contributed by atoms with Gasteiger partial charge in [0.2, 0.25) is 0 Å².